The molecule has 1 nitrogen and oxygen atoms in total. The Kier molecular flexibility index (Phi) is 3.42. The minimum atomic E-state index is 0.491. The highest BCUT2D eigenvalue weighted by Crippen LogP contribution is 2.32. The molecule has 1 aromatic carbocycles. The zero-order chi connectivity index (χ0) is 10.7. The molecule has 1 aromatic rings. The van der Waals surface area contributed by atoms with Crippen molar-refractivity contribution in [3.05, 3.63) is 35.4 Å². The molecule has 0 saturated heterocycles. The maximum absolute atomic E-state index is 3.61. The number of hydrogen-bond acceptors (Lipinski definition) is 1. The van der Waals surface area contributed by atoms with Crippen molar-refractivity contribution in [2.75, 3.05) is 6.54 Å². The predicted octanol–water partition coefficient (Wildman–Crippen LogP) is 3.45. The van der Waals surface area contributed by atoms with Crippen LogP contribution in [-0.4, -0.2) is 6.54 Å². The van der Waals surface area contributed by atoms with Crippen LogP contribution in [-0.2, 0) is 0 Å². The van der Waals surface area contributed by atoms with Crippen LogP contribution in [0.5, 0.6) is 0 Å². The zero-order valence-electron chi connectivity index (χ0n) is 9.79. The summed E-state index contributed by atoms with van der Waals surface area (Å²) in [5, 5.41) is 3.61. The molecular formula is C14H21N. The molecule has 15 heavy (non-hydrogen) atoms. The number of nitrogens with one attached hydrogen (secondary N) is 1. The number of rotatable bonds is 5. The maximum atomic E-state index is 3.61. The summed E-state index contributed by atoms with van der Waals surface area (Å²) in [5.41, 5.74) is 2.83. The highest BCUT2D eigenvalue weighted by Gasteiger charge is 2.20. The zero-order valence-corrected chi connectivity index (χ0v) is 9.79. The van der Waals surface area contributed by atoms with E-state index < -0.39 is 0 Å². The summed E-state index contributed by atoms with van der Waals surface area (Å²) in [6.45, 7) is 5.61. The van der Waals surface area contributed by atoms with Gasteiger partial charge in [-0.05, 0) is 43.9 Å². The first-order valence-corrected chi connectivity index (χ1v) is 6.06. The lowest BCUT2D eigenvalue weighted by Gasteiger charge is -2.16. The second-order valence-corrected chi connectivity index (χ2v) is 4.76. The van der Waals surface area contributed by atoms with E-state index in [2.05, 4.69) is 43.4 Å². The molecule has 1 aliphatic carbocycles. The first-order valence-electron chi connectivity index (χ1n) is 6.06. The van der Waals surface area contributed by atoms with E-state index >= 15 is 0 Å². The first-order chi connectivity index (χ1) is 7.27. The summed E-state index contributed by atoms with van der Waals surface area (Å²) >= 11 is 0. The van der Waals surface area contributed by atoms with Gasteiger partial charge in [0.25, 0.3) is 0 Å². The summed E-state index contributed by atoms with van der Waals surface area (Å²) < 4.78 is 0. The molecule has 0 aliphatic heterocycles. The van der Waals surface area contributed by atoms with E-state index in [0.29, 0.717) is 6.04 Å². The van der Waals surface area contributed by atoms with Gasteiger partial charge in [0.15, 0.2) is 0 Å². The third-order valence-corrected chi connectivity index (χ3v) is 3.36. The average molecular weight is 203 g/mol. The Morgan fingerprint density at radius 2 is 2.07 bits per heavy atom. The largest absolute Gasteiger partial charge is 0.310 e. The molecule has 0 bridgehead atoms. The number of benzene rings is 1. The normalized spacial score (nSPS) is 17.7. The molecule has 1 fully saturated rings. The van der Waals surface area contributed by atoms with Crippen molar-refractivity contribution in [3.63, 3.8) is 0 Å². The topological polar surface area (TPSA) is 12.0 Å². The van der Waals surface area contributed by atoms with E-state index in [1.54, 1.807) is 0 Å². The van der Waals surface area contributed by atoms with E-state index in [0.717, 1.165) is 5.92 Å². The van der Waals surface area contributed by atoms with Crippen LogP contribution in [0.1, 0.15) is 43.4 Å². The Labute approximate surface area is 92.9 Å². The minimum absolute atomic E-state index is 0.491. The Morgan fingerprint density at radius 3 is 2.73 bits per heavy atom. The van der Waals surface area contributed by atoms with Crippen molar-refractivity contribution >= 4 is 0 Å². The molecule has 1 atom stereocenters. The fourth-order valence-corrected chi connectivity index (χ4v) is 2.09. The molecule has 82 valence electrons. The lowest BCUT2D eigenvalue weighted by Crippen LogP contribution is -2.20. The SMILES string of the molecule is Cc1ccccc1[C@H](C)NCCC1CC1. The summed E-state index contributed by atoms with van der Waals surface area (Å²) in [4.78, 5) is 0. The fraction of sp³-hybridized carbons (Fsp3) is 0.571. The van der Waals surface area contributed by atoms with Crippen LogP contribution in [0.4, 0.5) is 0 Å². The molecule has 1 heteroatoms. The molecule has 1 N–H and O–H groups in total. The number of aryl methyl sites for hydroxylation is 1. The highest BCUT2D eigenvalue weighted by molar-refractivity contribution is 5.28. The second-order valence-electron chi connectivity index (χ2n) is 4.76. The predicted molar refractivity (Wildman–Crippen MR) is 64.9 cm³/mol. The average Bonchev–Trinajstić information content (AvgIpc) is 3.02. The maximum Gasteiger partial charge on any atom is 0.0294 e. The van der Waals surface area contributed by atoms with E-state index in [1.807, 2.05) is 0 Å². The molecule has 0 heterocycles. The molecule has 2 rings (SSSR count). The number of hydrogen-bond donors (Lipinski definition) is 1. The smallest absolute Gasteiger partial charge is 0.0294 e. The van der Waals surface area contributed by atoms with Gasteiger partial charge < -0.3 is 5.32 Å². The van der Waals surface area contributed by atoms with Gasteiger partial charge in [0.2, 0.25) is 0 Å². The summed E-state index contributed by atoms with van der Waals surface area (Å²) in [7, 11) is 0. The van der Waals surface area contributed by atoms with Crippen molar-refractivity contribution < 1.29 is 0 Å². The van der Waals surface area contributed by atoms with Crippen LogP contribution >= 0.6 is 0 Å². The van der Waals surface area contributed by atoms with Gasteiger partial charge in [-0.3, -0.25) is 0 Å². The molecule has 1 saturated carbocycles. The van der Waals surface area contributed by atoms with Gasteiger partial charge in [-0.2, -0.15) is 0 Å². The van der Waals surface area contributed by atoms with Gasteiger partial charge in [-0.25, -0.2) is 0 Å². The van der Waals surface area contributed by atoms with Crippen LogP contribution in [0.25, 0.3) is 0 Å². The molecular weight excluding hydrogens is 182 g/mol. The van der Waals surface area contributed by atoms with Gasteiger partial charge in [0.05, 0.1) is 0 Å². The van der Waals surface area contributed by atoms with E-state index in [1.165, 1.54) is 36.9 Å². The second kappa shape index (κ2) is 4.80. The molecule has 0 amide bonds. The van der Waals surface area contributed by atoms with Gasteiger partial charge in [0, 0.05) is 6.04 Å². The minimum Gasteiger partial charge on any atom is -0.310 e. The van der Waals surface area contributed by atoms with E-state index in [4.69, 9.17) is 0 Å². The Balaban J connectivity index is 1.83. The fourth-order valence-electron chi connectivity index (χ4n) is 2.09. The quantitative estimate of drug-likeness (QED) is 0.773. The van der Waals surface area contributed by atoms with Gasteiger partial charge in [-0.1, -0.05) is 37.1 Å². The summed E-state index contributed by atoms with van der Waals surface area (Å²) in [6, 6.07) is 9.14. The third kappa shape index (κ3) is 3.07. The van der Waals surface area contributed by atoms with E-state index in [-0.39, 0.29) is 0 Å². The standard InChI is InChI=1S/C14H21N/c1-11-5-3-4-6-14(11)12(2)15-10-9-13-7-8-13/h3-6,12-13,15H,7-10H2,1-2H3/t12-/m0/s1. The molecule has 0 spiro atoms. The van der Waals surface area contributed by atoms with Crippen molar-refractivity contribution in [1.82, 2.24) is 5.32 Å². The lowest BCUT2D eigenvalue weighted by molar-refractivity contribution is 0.538. The van der Waals surface area contributed by atoms with Crippen LogP contribution in [0.3, 0.4) is 0 Å². The molecule has 1 aliphatic rings. The summed E-state index contributed by atoms with van der Waals surface area (Å²) in [5.74, 6) is 1.03. The van der Waals surface area contributed by atoms with Gasteiger partial charge >= 0.3 is 0 Å². The third-order valence-electron chi connectivity index (χ3n) is 3.36. The van der Waals surface area contributed by atoms with E-state index in [9.17, 15) is 0 Å². The van der Waals surface area contributed by atoms with Gasteiger partial charge in [-0.15, -0.1) is 0 Å². The molecule has 0 aromatic heterocycles. The van der Waals surface area contributed by atoms with Crippen LogP contribution in [0.15, 0.2) is 24.3 Å². The van der Waals surface area contributed by atoms with Crippen molar-refractivity contribution in [3.8, 4) is 0 Å². The highest BCUT2D eigenvalue weighted by atomic mass is 14.9. The van der Waals surface area contributed by atoms with Gasteiger partial charge in [0.1, 0.15) is 0 Å². The van der Waals surface area contributed by atoms with Crippen molar-refractivity contribution in [2.45, 2.75) is 39.2 Å². The van der Waals surface area contributed by atoms with Crippen molar-refractivity contribution in [1.29, 1.82) is 0 Å². The Morgan fingerprint density at radius 1 is 1.33 bits per heavy atom. The molecule has 0 unspecified atom stereocenters. The summed E-state index contributed by atoms with van der Waals surface area (Å²) in [6.07, 6.45) is 4.27. The lowest BCUT2D eigenvalue weighted by atomic mass is 10.0. The monoisotopic (exact) mass is 203 g/mol. The molecule has 0 radical (unpaired) electrons. The van der Waals surface area contributed by atoms with Crippen LogP contribution < -0.4 is 5.32 Å². The Hall–Kier alpha value is -0.820. The Bertz CT molecular complexity index is 315. The van der Waals surface area contributed by atoms with Crippen molar-refractivity contribution in [2.24, 2.45) is 5.92 Å². The van der Waals surface area contributed by atoms with Crippen LogP contribution in [0, 0.1) is 12.8 Å². The van der Waals surface area contributed by atoms with Crippen LogP contribution in [0.2, 0.25) is 0 Å². The first kappa shape index (κ1) is 10.7.